The topological polar surface area (TPSA) is 58.4 Å². The summed E-state index contributed by atoms with van der Waals surface area (Å²) >= 11 is 0. The average Bonchev–Trinajstić information content (AvgIpc) is 3.01. The molecule has 0 fully saturated rings. The number of aromatic nitrogens is 2. The van der Waals surface area contributed by atoms with E-state index in [1.54, 1.807) is 10.7 Å². The van der Waals surface area contributed by atoms with E-state index in [-0.39, 0.29) is 5.69 Å². The lowest BCUT2D eigenvalue weighted by atomic mass is 10.1. The lowest BCUT2D eigenvalue weighted by molar-refractivity contribution is 0.0689. The molecule has 0 spiro atoms. The van der Waals surface area contributed by atoms with Crippen LogP contribution in [0.5, 0.6) is 0 Å². The van der Waals surface area contributed by atoms with Crippen molar-refractivity contribution in [2.45, 2.75) is 33.1 Å². The smallest absolute Gasteiger partial charge is 0.356 e. The molecule has 3 rings (SSSR count). The largest absolute Gasteiger partial charge is 0.476 e. The van der Waals surface area contributed by atoms with E-state index in [2.05, 4.69) is 34.3 Å². The van der Waals surface area contributed by atoms with Gasteiger partial charge in [0.1, 0.15) is 0 Å². The first-order valence-corrected chi connectivity index (χ1v) is 6.76. The molecule has 1 aromatic carbocycles. The fourth-order valence-electron chi connectivity index (χ4n) is 2.71. The number of carboxylic acids is 1. The maximum Gasteiger partial charge on any atom is 0.356 e. The molecule has 0 atom stereocenters. The number of carboxylic acid groups (broad SMARTS) is 1. The van der Waals surface area contributed by atoms with Gasteiger partial charge in [0.2, 0.25) is 0 Å². The Morgan fingerprint density at radius 2 is 1.95 bits per heavy atom. The van der Waals surface area contributed by atoms with Crippen molar-refractivity contribution in [3.05, 3.63) is 52.8 Å². The first-order chi connectivity index (χ1) is 9.67. The van der Waals surface area contributed by atoms with Gasteiger partial charge in [-0.1, -0.05) is 24.3 Å². The fraction of sp³-hybridized carbons (Fsp3) is 0.333. The van der Waals surface area contributed by atoms with Gasteiger partial charge in [0, 0.05) is 26.2 Å². The standard InChI is InChI=1S/C15H17N3O2/c1-2-18-13(7-14(16-18)15(19)20)10-17-8-11-5-3-4-6-12(11)9-17/h3-7H,2,8-10H2,1H3,(H,19,20). The highest BCUT2D eigenvalue weighted by molar-refractivity contribution is 5.85. The van der Waals surface area contributed by atoms with Crippen LogP contribution < -0.4 is 0 Å². The minimum absolute atomic E-state index is 0.124. The van der Waals surface area contributed by atoms with Crippen LogP contribution in [0, 0.1) is 0 Å². The van der Waals surface area contributed by atoms with Gasteiger partial charge in [0.25, 0.3) is 0 Å². The normalized spacial score (nSPS) is 14.4. The van der Waals surface area contributed by atoms with Crippen LogP contribution in [0.25, 0.3) is 0 Å². The van der Waals surface area contributed by atoms with Gasteiger partial charge in [0.05, 0.1) is 5.69 Å². The van der Waals surface area contributed by atoms with Gasteiger partial charge in [0.15, 0.2) is 5.69 Å². The highest BCUT2D eigenvalue weighted by atomic mass is 16.4. The maximum absolute atomic E-state index is 11.0. The molecule has 0 unspecified atom stereocenters. The van der Waals surface area contributed by atoms with Crippen molar-refractivity contribution in [1.82, 2.24) is 14.7 Å². The molecule has 104 valence electrons. The van der Waals surface area contributed by atoms with E-state index >= 15 is 0 Å². The van der Waals surface area contributed by atoms with Crippen LogP contribution in [0.15, 0.2) is 30.3 Å². The van der Waals surface area contributed by atoms with Gasteiger partial charge < -0.3 is 5.11 Å². The number of aromatic carboxylic acids is 1. The Labute approximate surface area is 117 Å². The second-order valence-electron chi connectivity index (χ2n) is 5.06. The summed E-state index contributed by atoms with van der Waals surface area (Å²) in [4.78, 5) is 13.3. The van der Waals surface area contributed by atoms with Crippen LogP contribution in [-0.2, 0) is 26.2 Å². The van der Waals surface area contributed by atoms with E-state index in [0.717, 1.165) is 25.3 Å². The Hall–Kier alpha value is -2.14. The van der Waals surface area contributed by atoms with Crippen molar-refractivity contribution in [1.29, 1.82) is 0 Å². The Morgan fingerprint density at radius 3 is 2.50 bits per heavy atom. The molecule has 1 aromatic heterocycles. The minimum atomic E-state index is -0.969. The second kappa shape index (κ2) is 5.09. The molecule has 1 aliphatic heterocycles. The van der Waals surface area contributed by atoms with E-state index < -0.39 is 5.97 Å². The first-order valence-electron chi connectivity index (χ1n) is 6.76. The summed E-state index contributed by atoms with van der Waals surface area (Å²) in [5.41, 5.74) is 3.79. The zero-order chi connectivity index (χ0) is 14.1. The molecule has 5 heteroatoms. The van der Waals surface area contributed by atoms with Crippen molar-refractivity contribution < 1.29 is 9.90 Å². The molecule has 2 aromatic rings. The van der Waals surface area contributed by atoms with E-state index in [4.69, 9.17) is 5.11 Å². The van der Waals surface area contributed by atoms with Crippen LogP contribution in [0.1, 0.15) is 34.2 Å². The van der Waals surface area contributed by atoms with Crippen LogP contribution in [0.4, 0.5) is 0 Å². The van der Waals surface area contributed by atoms with E-state index in [1.807, 2.05) is 6.92 Å². The summed E-state index contributed by atoms with van der Waals surface area (Å²) in [6.45, 7) is 5.20. The third kappa shape index (κ3) is 2.32. The van der Waals surface area contributed by atoms with Crippen LogP contribution in [0.2, 0.25) is 0 Å². The van der Waals surface area contributed by atoms with E-state index in [0.29, 0.717) is 6.54 Å². The molecule has 0 saturated heterocycles. The van der Waals surface area contributed by atoms with Gasteiger partial charge >= 0.3 is 5.97 Å². The Kier molecular flexibility index (Phi) is 3.28. The summed E-state index contributed by atoms with van der Waals surface area (Å²) in [5.74, 6) is -0.969. The van der Waals surface area contributed by atoms with Gasteiger partial charge in [-0.2, -0.15) is 5.10 Å². The molecule has 1 N–H and O–H groups in total. The molecule has 0 aliphatic carbocycles. The summed E-state index contributed by atoms with van der Waals surface area (Å²) in [7, 11) is 0. The first kappa shape index (κ1) is 12.9. The van der Waals surface area contributed by atoms with Crippen molar-refractivity contribution >= 4 is 5.97 Å². The second-order valence-corrected chi connectivity index (χ2v) is 5.06. The molecule has 20 heavy (non-hydrogen) atoms. The number of hydrogen-bond acceptors (Lipinski definition) is 3. The fourth-order valence-corrected chi connectivity index (χ4v) is 2.71. The number of rotatable bonds is 4. The monoisotopic (exact) mass is 271 g/mol. The van der Waals surface area contributed by atoms with E-state index in [9.17, 15) is 4.79 Å². The zero-order valence-corrected chi connectivity index (χ0v) is 11.4. The van der Waals surface area contributed by atoms with Gasteiger partial charge in [-0.3, -0.25) is 9.58 Å². The summed E-state index contributed by atoms with van der Waals surface area (Å²) < 4.78 is 1.77. The van der Waals surface area contributed by atoms with E-state index in [1.165, 1.54) is 11.1 Å². The highest BCUT2D eigenvalue weighted by Crippen LogP contribution is 2.24. The van der Waals surface area contributed by atoms with Crippen molar-refractivity contribution in [2.24, 2.45) is 0 Å². The Balaban J connectivity index is 1.78. The quantitative estimate of drug-likeness (QED) is 0.925. The third-order valence-corrected chi connectivity index (χ3v) is 3.67. The molecule has 0 saturated carbocycles. The summed E-state index contributed by atoms with van der Waals surface area (Å²) in [6.07, 6.45) is 0. The number of hydrogen-bond donors (Lipinski definition) is 1. The number of aryl methyl sites for hydroxylation is 1. The predicted molar refractivity (Wildman–Crippen MR) is 74.3 cm³/mol. The number of carbonyl (C=O) groups is 1. The molecule has 5 nitrogen and oxygen atoms in total. The van der Waals surface area contributed by atoms with Crippen molar-refractivity contribution in [2.75, 3.05) is 0 Å². The van der Waals surface area contributed by atoms with Gasteiger partial charge in [-0.25, -0.2) is 4.79 Å². The highest BCUT2D eigenvalue weighted by Gasteiger charge is 2.21. The van der Waals surface area contributed by atoms with Crippen molar-refractivity contribution in [3.63, 3.8) is 0 Å². The summed E-state index contributed by atoms with van der Waals surface area (Å²) in [6, 6.07) is 10.1. The number of nitrogens with zero attached hydrogens (tertiary/aromatic N) is 3. The van der Waals surface area contributed by atoms with Gasteiger partial charge in [-0.15, -0.1) is 0 Å². The molecular formula is C15H17N3O2. The minimum Gasteiger partial charge on any atom is -0.476 e. The average molecular weight is 271 g/mol. The van der Waals surface area contributed by atoms with Crippen LogP contribution in [-0.4, -0.2) is 25.8 Å². The Bertz CT molecular complexity index is 623. The zero-order valence-electron chi connectivity index (χ0n) is 11.4. The maximum atomic E-state index is 11.0. The van der Waals surface area contributed by atoms with Crippen LogP contribution in [0.3, 0.4) is 0 Å². The summed E-state index contributed by atoms with van der Waals surface area (Å²) in [5, 5.41) is 13.1. The molecule has 2 heterocycles. The van der Waals surface area contributed by atoms with Gasteiger partial charge in [-0.05, 0) is 24.1 Å². The third-order valence-electron chi connectivity index (χ3n) is 3.67. The predicted octanol–water partition coefficient (Wildman–Crippen LogP) is 2.12. The number of fused-ring (bicyclic) bond motifs is 1. The lowest BCUT2D eigenvalue weighted by Crippen LogP contribution is -2.18. The lowest BCUT2D eigenvalue weighted by Gasteiger charge is -2.15. The van der Waals surface area contributed by atoms with Crippen molar-refractivity contribution in [3.8, 4) is 0 Å². The molecular weight excluding hydrogens is 254 g/mol. The number of benzene rings is 1. The molecule has 0 amide bonds. The molecule has 0 radical (unpaired) electrons. The molecule has 0 bridgehead atoms. The van der Waals surface area contributed by atoms with Crippen LogP contribution >= 0.6 is 0 Å². The molecule has 1 aliphatic rings. The Morgan fingerprint density at radius 1 is 1.30 bits per heavy atom. The SMILES string of the molecule is CCn1nc(C(=O)O)cc1CN1Cc2ccccc2C1.